The number of aromatic nitrogens is 1. The van der Waals surface area contributed by atoms with Crippen LogP contribution in [-0.2, 0) is 11.3 Å². The summed E-state index contributed by atoms with van der Waals surface area (Å²) < 4.78 is 5.64. The predicted molar refractivity (Wildman–Crippen MR) is 81.5 cm³/mol. The molecular formula is C16H17N3O2. The molecule has 1 aliphatic rings. The van der Waals surface area contributed by atoms with Crippen molar-refractivity contribution in [1.29, 1.82) is 0 Å². The first-order valence-corrected chi connectivity index (χ1v) is 6.93. The normalized spacial score (nSPS) is 14.1. The Labute approximate surface area is 123 Å². The number of fused-ring (bicyclic) bond motifs is 1. The van der Waals surface area contributed by atoms with Gasteiger partial charge in [-0.25, -0.2) is 0 Å². The standard InChI is InChI=1S/C16H17N3O2/c1-17-12-6-8-18-13(10-12)11-19-14-4-2-3-5-15(14)21-9-7-16(19)20/h2-6,8,10H,7,9,11H2,1H3,(H,17,18). The maximum atomic E-state index is 12.3. The first kappa shape index (κ1) is 13.4. The van der Waals surface area contributed by atoms with Crippen molar-refractivity contribution in [2.75, 3.05) is 23.9 Å². The lowest BCUT2D eigenvalue weighted by Gasteiger charge is -2.21. The molecule has 5 heteroatoms. The van der Waals surface area contributed by atoms with E-state index in [1.807, 2.05) is 43.4 Å². The molecule has 2 aromatic rings. The van der Waals surface area contributed by atoms with Crippen LogP contribution in [0.2, 0.25) is 0 Å². The van der Waals surface area contributed by atoms with Gasteiger partial charge in [-0.2, -0.15) is 0 Å². The Morgan fingerprint density at radius 1 is 1.33 bits per heavy atom. The van der Waals surface area contributed by atoms with Gasteiger partial charge in [0.25, 0.3) is 0 Å². The first-order chi connectivity index (χ1) is 10.3. The molecular weight excluding hydrogens is 266 g/mol. The van der Waals surface area contributed by atoms with E-state index in [1.54, 1.807) is 11.1 Å². The number of hydrogen-bond donors (Lipinski definition) is 1. The molecule has 0 radical (unpaired) electrons. The van der Waals surface area contributed by atoms with Gasteiger partial charge in [-0.05, 0) is 24.3 Å². The molecule has 21 heavy (non-hydrogen) atoms. The van der Waals surface area contributed by atoms with Gasteiger partial charge in [-0.15, -0.1) is 0 Å². The Hall–Kier alpha value is -2.56. The van der Waals surface area contributed by atoms with Gasteiger partial charge in [0.05, 0.1) is 31.0 Å². The van der Waals surface area contributed by atoms with Crippen molar-refractivity contribution in [1.82, 2.24) is 4.98 Å². The summed E-state index contributed by atoms with van der Waals surface area (Å²) in [4.78, 5) is 18.4. The zero-order valence-electron chi connectivity index (χ0n) is 11.9. The van der Waals surface area contributed by atoms with Gasteiger partial charge in [-0.1, -0.05) is 12.1 Å². The van der Waals surface area contributed by atoms with Gasteiger partial charge in [0.1, 0.15) is 5.75 Å². The third kappa shape index (κ3) is 2.81. The average molecular weight is 283 g/mol. The fourth-order valence-corrected chi connectivity index (χ4v) is 2.38. The van der Waals surface area contributed by atoms with E-state index >= 15 is 0 Å². The van der Waals surface area contributed by atoms with Crippen LogP contribution in [0.1, 0.15) is 12.1 Å². The number of carbonyl (C=O) groups excluding carboxylic acids is 1. The van der Waals surface area contributed by atoms with Gasteiger partial charge in [0, 0.05) is 18.9 Å². The number of ether oxygens (including phenoxy) is 1. The molecule has 1 aliphatic heterocycles. The second-order valence-corrected chi connectivity index (χ2v) is 4.83. The number of hydrogen-bond acceptors (Lipinski definition) is 4. The molecule has 0 bridgehead atoms. The lowest BCUT2D eigenvalue weighted by atomic mass is 10.2. The summed E-state index contributed by atoms with van der Waals surface area (Å²) in [6, 6.07) is 11.4. The molecule has 108 valence electrons. The lowest BCUT2D eigenvalue weighted by molar-refractivity contribution is -0.118. The first-order valence-electron chi connectivity index (χ1n) is 6.93. The van der Waals surface area contributed by atoms with Crippen LogP contribution in [0.25, 0.3) is 0 Å². The molecule has 3 rings (SSSR count). The van der Waals surface area contributed by atoms with E-state index in [9.17, 15) is 4.79 Å². The maximum absolute atomic E-state index is 12.3. The number of nitrogens with one attached hydrogen (secondary N) is 1. The van der Waals surface area contributed by atoms with Crippen molar-refractivity contribution in [2.24, 2.45) is 0 Å². The summed E-state index contributed by atoms with van der Waals surface area (Å²) in [5.74, 6) is 0.796. The monoisotopic (exact) mass is 283 g/mol. The van der Waals surface area contributed by atoms with E-state index < -0.39 is 0 Å². The molecule has 1 amide bonds. The molecule has 0 atom stereocenters. The van der Waals surface area contributed by atoms with Crippen molar-refractivity contribution >= 4 is 17.3 Å². The molecule has 0 unspecified atom stereocenters. The molecule has 0 saturated heterocycles. The molecule has 0 fully saturated rings. The minimum atomic E-state index is 0.0524. The lowest BCUT2D eigenvalue weighted by Crippen LogP contribution is -2.30. The average Bonchev–Trinajstić information content (AvgIpc) is 2.68. The second-order valence-electron chi connectivity index (χ2n) is 4.83. The molecule has 5 nitrogen and oxygen atoms in total. The van der Waals surface area contributed by atoms with Gasteiger partial charge < -0.3 is 15.0 Å². The summed E-state index contributed by atoms with van der Waals surface area (Å²) in [5.41, 5.74) is 2.62. The summed E-state index contributed by atoms with van der Waals surface area (Å²) in [6.07, 6.45) is 2.12. The summed E-state index contributed by atoms with van der Waals surface area (Å²) in [7, 11) is 1.86. The van der Waals surface area contributed by atoms with Crippen LogP contribution in [0, 0.1) is 0 Å². The Bertz CT molecular complexity index is 657. The quantitative estimate of drug-likeness (QED) is 0.940. The maximum Gasteiger partial charge on any atom is 0.230 e. The number of amides is 1. The third-order valence-electron chi connectivity index (χ3n) is 3.46. The van der Waals surface area contributed by atoms with Crippen molar-refractivity contribution in [2.45, 2.75) is 13.0 Å². The molecule has 2 heterocycles. The van der Waals surface area contributed by atoms with Gasteiger partial charge >= 0.3 is 0 Å². The zero-order chi connectivity index (χ0) is 14.7. The summed E-state index contributed by atoms with van der Waals surface area (Å²) in [5, 5.41) is 3.08. The minimum Gasteiger partial charge on any atom is -0.491 e. The van der Waals surface area contributed by atoms with Crippen LogP contribution in [0.15, 0.2) is 42.6 Å². The van der Waals surface area contributed by atoms with E-state index in [1.165, 1.54) is 0 Å². The van der Waals surface area contributed by atoms with E-state index in [-0.39, 0.29) is 5.91 Å². The number of carbonyl (C=O) groups is 1. The number of para-hydroxylation sites is 2. The van der Waals surface area contributed by atoms with Crippen molar-refractivity contribution in [3.05, 3.63) is 48.3 Å². The minimum absolute atomic E-state index is 0.0524. The highest BCUT2D eigenvalue weighted by Crippen LogP contribution is 2.32. The number of anilines is 2. The Kier molecular flexibility index (Phi) is 3.73. The highest BCUT2D eigenvalue weighted by atomic mass is 16.5. The van der Waals surface area contributed by atoms with Crippen molar-refractivity contribution in [3.63, 3.8) is 0 Å². The smallest absolute Gasteiger partial charge is 0.230 e. The van der Waals surface area contributed by atoms with E-state index in [4.69, 9.17) is 4.74 Å². The molecule has 1 N–H and O–H groups in total. The molecule has 1 aromatic carbocycles. The Balaban J connectivity index is 1.93. The second kappa shape index (κ2) is 5.83. The van der Waals surface area contributed by atoms with E-state index in [2.05, 4.69) is 10.3 Å². The highest BCUT2D eigenvalue weighted by molar-refractivity contribution is 5.95. The molecule has 0 saturated carbocycles. The fraction of sp³-hybridized carbons (Fsp3) is 0.250. The summed E-state index contributed by atoms with van der Waals surface area (Å²) in [6.45, 7) is 0.852. The van der Waals surface area contributed by atoms with Gasteiger partial charge in [-0.3, -0.25) is 9.78 Å². The molecule has 0 aliphatic carbocycles. The topological polar surface area (TPSA) is 54.5 Å². The van der Waals surface area contributed by atoms with Crippen molar-refractivity contribution < 1.29 is 9.53 Å². The largest absolute Gasteiger partial charge is 0.491 e. The van der Waals surface area contributed by atoms with Gasteiger partial charge in [0.2, 0.25) is 5.91 Å². The van der Waals surface area contributed by atoms with E-state index in [0.29, 0.717) is 19.6 Å². The fourth-order valence-electron chi connectivity index (χ4n) is 2.38. The molecule has 0 spiro atoms. The summed E-state index contributed by atoms with van der Waals surface area (Å²) >= 11 is 0. The van der Waals surface area contributed by atoms with Crippen LogP contribution >= 0.6 is 0 Å². The number of nitrogens with zero attached hydrogens (tertiary/aromatic N) is 2. The predicted octanol–water partition coefficient (Wildman–Crippen LogP) is 2.44. The number of rotatable bonds is 3. The van der Waals surface area contributed by atoms with Crippen LogP contribution < -0.4 is 15.0 Å². The zero-order valence-corrected chi connectivity index (χ0v) is 11.9. The third-order valence-corrected chi connectivity index (χ3v) is 3.46. The van der Waals surface area contributed by atoms with Gasteiger partial charge in [0.15, 0.2) is 0 Å². The Morgan fingerprint density at radius 3 is 3.05 bits per heavy atom. The van der Waals surface area contributed by atoms with Crippen LogP contribution in [0.3, 0.4) is 0 Å². The van der Waals surface area contributed by atoms with Crippen LogP contribution in [0.5, 0.6) is 5.75 Å². The van der Waals surface area contributed by atoms with Crippen LogP contribution in [0.4, 0.5) is 11.4 Å². The SMILES string of the molecule is CNc1ccnc(CN2C(=O)CCOc3ccccc32)c1. The van der Waals surface area contributed by atoms with E-state index in [0.717, 1.165) is 22.8 Å². The van der Waals surface area contributed by atoms with Crippen LogP contribution in [-0.4, -0.2) is 24.5 Å². The molecule has 1 aromatic heterocycles. The number of benzene rings is 1. The van der Waals surface area contributed by atoms with Crippen molar-refractivity contribution in [3.8, 4) is 5.75 Å². The number of pyridine rings is 1. The highest BCUT2D eigenvalue weighted by Gasteiger charge is 2.23. The Morgan fingerprint density at radius 2 is 2.19 bits per heavy atom.